The Labute approximate surface area is 188 Å². The normalized spacial score (nSPS) is 14.5. The van der Waals surface area contributed by atoms with Crippen molar-refractivity contribution in [3.8, 4) is 11.5 Å². The van der Waals surface area contributed by atoms with Crippen molar-refractivity contribution in [1.82, 2.24) is 0 Å². The lowest BCUT2D eigenvalue weighted by Crippen LogP contribution is -2.53. The molecular formula is C23H33NO8. The maximum atomic E-state index is 12.5. The lowest BCUT2D eigenvalue weighted by Gasteiger charge is -2.30. The van der Waals surface area contributed by atoms with Crippen LogP contribution in [0.5, 0.6) is 11.5 Å². The highest BCUT2D eigenvalue weighted by atomic mass is 16.6. The summed E-state index contributed by atoms with van der Waals surface area (Å²) in [4.78, 5) is 47.5. The highest BCUT2D eigenvalue weighted by Crippen LogP contribution is 2.31. The smallest absolute Gasteiger partial charge is 0.326 e. The highest BCUT2D eigenvalue weighted by Gasteiger charge is 2.38. The van der Waals surface area contributed by atoms with Crippen LogP contribution in [-0.4, -0.2) is 42.6 Å². The van der Waals surface area contributed by atoms with E-state index in [-0.39, 0.29) is 36.2 Å². The number of nitrogens with two attached hydrogens (primary N) is 1. The number of methoxy groups -OCH3 is 1. The third-order valence-electron chi connectivity index (χ3n) is 4.72. The summed E-state index contributed by atoms with van der Waals surface area (Å²) in [5.74, 6) is -2.40. The van der Waals surface area contributed by atoms with Gasteiger partial charge in [-0.25, -0.2) is 0 Å². The molecule has 0 heterocycles. The molecule has 1 rings (SSSR count). The molecule has 0 saturated carbocycles. The van der Waals surface area contributed by atoms with Crippen molar-refractivity contribution in [3.63, 3.8) is 0 Å². The second kappa shape index (κ2) is 12.2. The molecule has 0 aliphatic rings. The Morgan fingerprint density at radius 3 is 2.16 bits per heavy atom. The van der Waals surface area contributed by atoms with Gasteiger partial charge in [-0.05, 0) is 31.0 Å². The molecule has 9 heteroatoms. The van der Waals surface area contributed by atoms with E-state index in [1.54, 1.807) is 19.9 Å². The van der Waals surface area contributed by atoms with Crippen LogP contribution in [-0.2, 0) is 35.1 Å². The first-order chi connectivity index (χ1) is 14.9. The molecule has 178 valence electrons. The molecule has 2 unspecified atom stereocenters. The van der Waals surface area contributed by atoms with E-state index in [0.717, 1.165) is 6.42 Å². The lowest BCUT2D eigenvalue weighted by molar-refractivity contribution is -0.157. The summed E-state index contributed by atoms with van der Waals surface area (Å²) in [7, 11) is 1.22. The van der Waals surface area contributed by atoms with Crippen LogP contribution in [0.1, 0.15) is 59.4 Å². The molecule has 1 aromatic carbocycles. The number of carbonyl (C=O) groups is 4. The van der Waals surface area contributed by atoms with Gasteiger partial charge in [0.25, 0.3) is 0 Å². The summed E-state index contributed by atoms with van der Waals surface area (Å²) >= 11 is 0. The third-order valence-corrected chi connectivity index (χ3v) is 4.72. The Balaban J connectivity index is 3.12. The molecule has 0 radical (unpaired) electrons. The monoisotopic (exact) mass is 451 g/mol. The first kappa shape index (κ1) is 27.1. The summed E-state index contributed by atoms with van der Waals surface area (Å²) in [6.45, 7) is 7.86. The quantitative estimate of drug-likeness (QED) is 0.398. The van der Waals surface area contributed by atoms with Gasteiger partial charge in [-0.1, -0.05) is 26.3 Å². The predicted molar refractivity (Wildman–Crippen MR) is 116 cm³/mol. The van der Waals surface area contributed by atoms with Crippen molar-refractivity contribution in [2.45, 2.75) is 71.9 Å². The van der Waals surface area contributed by atoms with E-state index >= 15 is 0 Å². The van der Waals surface area contributed by atoms with Crippen LogP contribution in [0, 0.1) is 5.92 Å². The average Bonchev–Trinajstić information content (AvgIpc) is 2.68. The van der Waals surface area contributed by atoms with Gasteiger partial charge in [-0.2, -0.15) is 0 Å². The van der Waals surface area contributed by atoms with E-state index in [2.05, 4.69) is 0 Å². The van der Waals surface area contributed by atoms with Crippen molar-refractivity contribution in [2.24, 2.45) is 11.7 Å². The zero-order valence-electron chi connectivity index (χ0n) is 19.6. The number of ether oxygens (including phenoxy) is 4. The van der Waals surface area contributed by atoms with Crippen LogP contribution in [0.25, 0.3) is 0 Å². The average molecular weight is 452 g/mol. The van der Waals surface area contributed by atoms with Crippen molar-refractivity contribution in [3.05, 3.63) is 23.8 Å². The van der Waals surface area contributed by atoms with E-state index in [1.807, 2.05) is 6.92 Å². The summed E-state index contributed by atoms with van der Waals surface area (Å²) in [6.07, 6.45) is 0.921. The Hall–Kier alpha value is -2.94. The standard InChI is InChI=1S/C23H33NO8/c1-7-8-14(2)21(27)30-15(3)12-23(24,22(28)29-6)13-18-9-10-19(31-16(4)25)20(11-18)32-17(5)26/h9-11,14-15H,7-8,12-13,24H2,1-6H3/t14?,15-,23?/m0/s1. The molecule has 0 fully saturated rings. The number of hydrogen-bond acceptors (Lipinski definition) is 9. The van der Waals surface area contributed by atoms with Crippen molar-refractivity contribution in [2.75, 3.05) is 7.11 Å². The first-order valence-corrected chi connectivity index (χ1v) is 10.5. The Morgan fingerprint density at radius 1 is 1.03 bits per heavy atom. The highest BCUT2D eigenvalue weighted by molar-refractivity contribution is 5.81. The summed E-state index contributed by atoms with van der Waals surface area (Å²) in [5, 5.41) is 0. The Bertz CT molecular complexity index is 837. The number of benzene rings is 1. The summed E-state index contributed by atoms with van der Waals surface area (Å²) in [6, 6.07) is 4.50. The minimum atomic E-state index is -1.51. The lowest BCUT2D eigenvalue weighted by atomic mass is 9.86. The van der Waals surface area contributed by atoms with Gasteiger partial charge < -0.3 is 24.7 Å². The second-order valence-electron chi connectivity index (χ2n) is 7.93. The van der Waals surface area contributed by atoms with Gasteiger partial charge >= 0.3 is 23.9 Å². The van der Waals surface area contributed by atoms with Gasteiger partial charge in [-0.3, -0.25) is 19.2 Å². The van der Waals surface area contributed by atoms with Crippen LogP contribution in [0.4, 0.5) is 0 Å². The molecule has 0 saturated heterocycles. The van der Waals surface area contributed by atoms with Crippen LogP contribution in [0.15, 0.2) is 18.2 Å². The maximum Gasteiger partial charge on any atom is 0.326 e. The van der Waals surface area contributed by atoms with E-state index in [4.69, 9.17) is 24.7 Å². The topological polar surface area (TPSA) is 131 Å². The van der Waals surface area contributed by atoms with E-state index < -0.39 is 29.6 Å². The molecule has 1 aromatic rings. The van der Waals surface area contributed by atoms with Crippen molar-refractivity contribution in [1.29, 1.82) is 0 Å². The SMILES string of the molecule is CCCC(C)C(=O)O[C@@H](C)CC(N)(Cc1ccc(OC(C)=O)c(OC(C)=O)c1)C(=O)OC. The fourth-order valence-corrected chi connectivity index (χ4v) is 3.35. The summed E-state index contributed by atoms with van der Waals surface area (Å²) in [5.41, 5.74) is 5.42. The molecule has 2 N–H and O–H groups in total. The van der Waals surface area contributed by atoms with Gasteiger partial charge in [0.2, 0.25) is 0 Å². The zero-order valence-corrected chi connectivity index (χ0v) is 19.6. The zero-order chi connectivity index (χ0) is 24.5. The second-order valence-corrected chi connectivity index (χ2v) is 7.93. The fourth-order valence-electron chi connectivity index (χ4n) is 3.35. The predicted octanol–water partition coefficient (Wildman–Crippen LogP) is 2.71. The van der Waals surface area contributed by atoms with Gasteiger partial charge in [0.05, 0.1) is 13.0 Å². The molecule has 0 aliphatic heterocycles. The third kappa shape index (κ3) is 8.30. The maximum absolute atomic E-state index is 12.5. The largest absolute Gasteiger partial charge is 0.468 e. The van der Waals surface area contributed by atoms with Crippen LogP contribution < -0.4 is 15.2 Å². The first-order valence-electron chi connectivity index (χ1n) is 10.5. The minimum Gasteiger partial charge on any atom is -0.468 e. The van der Waals surface area contributed by atoms with E-state index in [1.165, 1.54) is 33.1 Å². The summed E-state index contributed by atoms with van der Waals surface area (Å²) < 4.78 is 20.6. The van der Waals surface area contributed by atoms with E-state index in [9.17, 15) is 19.2 Å². The number of rotatable bonds is 11. The van der Waals surface area contributed by atoms with Crippen LogP contribution >= 0.6 is 0 Å². The molecule has 0 amide bonds. The molecule has 0 aromatic heterocycles. The van der Waals surface area contributed by atoms with Gasteiger partial charge in [0, 0.05) is 26.7 Å². The fraction of sp³-hybridized carbons (Fsp3) is 0.565. The Morgan fingerprint density at radius 2 is 1.62 bits per heavy atom. The van der Waals surface area contributed by atoms with Gasteiger partial charge in [0.1, 0.15) is 11.6 Å². The molecule has 3 atom stereocenters. The van der Waals surface area contributed by atoms with Gasteiger partial charge in [-0.15, -0.1) is 0 Å². The molecule has 32 heavy (non-hydrogen) atoms. The van der Waals surface area contributed by atoms with E-state index in [0.29, 0.717) is 12.0 Å². The molecule has 0 aliphatic carbocycles. The number of esters is 4. The van der Waals surface area contributed by atoms with Gasteiger partial charge in [0.15, 0.2) is 11.5 Å². The van der Waals surface area contributed by atoms with Crippen molar-refractivity contribution < 1.29 is 38.1 Å². The van der Waals surface area contributed by atoms with Crippen molar-refractivity contribution >= 4 is 23.9 Å². The molecular weight excluding hydrogens is 418 g/mol. The molecule has 0 spiro atoms. The minimum absolute atomic E-state index is 0.000688. The van der Waals surface area contributed by atoms with Crippen LogP contribution in [0.2, 0.25) is 0 Å². The van der Waals surface area contributed by atoms with Crippen LogP contribution in [0.3, 0.4) is 0 Å². The molecule has 0 bridgehead atoms. The Kier molecular flexibility index (Phi) is 10.3. The number of carbonyl (C=O) groups excluding carboxylic acids is 4. The molecule has 9 nitrogen and oxygen atoms in total. The number of hydrogen-bond donors (Lipinski definition) is 1.